The maximum Gasteiger partial charge on any atom is 0.147 e. The highest BCUT2D eigenvalue weighted by Crippen LogP contribution is 2.26. The maximum atomic E-state index is 11.3. The summed E-state index contributed by atoms with van der Waals surface area (Å²) in [4.78, 5) is 2.21. The monoisotopic (exact) mass is 297 g/mol. The molecule has 1 aromatic carbocycles. The van der Waals surface area contributed by atoms with Gasteiger partial charge in [0.25, 0.3) is 0 Å². The first-order chi connectivity index (χ1) is 9.36. The molecule has 1 heterocycles. The zero-order chi connectivity index (χ0) is 14.6. The van der Waals surface area contributed by atoms with E-state index in [4.69, 9.17) is 0 Å². The first-order valence-electron chi connectivity index (χ1n) is 7.03. The molecule has 2 rings (SSSR count). The van der Waals surface area contributed by atoms with Crippen molar-refractivity contribution in [2.45, 2.75) is 31.4 Å². The van der Waals surface area contributed by atoms with Gasteiger partial charge >= 0.3 is 0 Å². The van der Waals surface area contributed by atoms with Crippen molar-refractivity contribution in [2.75, 3.05) is 25.1 Å². The molecule has 1 aliphatic heterocycles. The first-order valence-corrected chi connectivity index (χ1v) is 9.09. The predicted molar refractivity (Wildman–Crippen MR) is 80.2 cm³/mol. The van der Waals surface area contributed by atoms with E-state index in [2.05, 4.69) is 17.0 Å². The molecule has 1 aromatic rings. The molecular weight excluding hydrogens is 274 g/mol. The van der Waals surface area contributed by atoms with Crippen molar-refractivity contribution in [3.63, 3.8) is 0 Å². The van der Waals surface area contributed by atoms with Crippen LogP contribution in [0.3, 0.4) is 0 Å². The van der Waals surface area contributed by atoms with Crippen LogP contribution in [0.25, 0.3) is 0 Å². The van der Waals surface area contributed by atoms with Crippen LogP contribution >= 0.6 is 0 Å². The Hall–Kier alpha value is -0.910. The lowest BCUT2D eigenvalue weighted by Gasteiger charge is -2.39. The molecule has 0 bridgehead atoms. The van der Waals surface area contributed by atoms with Gasteiger partial charge in [0.2, 0.25) is 0 Å². The topological polar surface area (TPSA) is 57.6 Å². The molecule has 0 radical (unpaired) electrons. The molecule has 4 nitrogen and oxygen atoms in total. The van der Waals surface area contributed by atoms with Crippen LogP contribution in [0, 0.1) is 0 Å². The van der Waals surface area contributed by atoms with E-state index in [0.717, 1.165) is 19.5 Å². The number of likely N-dealkylation sites (tertiary alicyclic amines) is 1. The quantitative estimate of drug-likeness (QED) is 0.893. The Morgan fingerprint density at radius 3 is 2.65 bits per heavy atom. The van der Waals surface area contributed by atoms with Crippen LogP contribution in [0.4, 0.5) is 0 Å². The molecule has 5 heteroatoms. The van der Waals surface area contributed by atoms with Crippen LogP contribution in [0.1, 0.15) is 24.8 Å². The molecule has 20 heavy (non-hydrogen) atoms. The zero-order valence-corrected chi connectivity index (χ0v) is 12.8. The summed E-state index contributed by atoms with van der Waals surface area (Å²) in [5.74, 6) is 0.0582. The molecule has 1 N–H and O–H groups in total. The Morgan fingerprint density at radius 1 is 1.30 bits per heavy atom. The molecule has 112 valence electrons. The summed E-state index contributed by atoms with van der Waals surface area (Å²) in [6, 6.07) is 10.2. The Labute approximate surface area is 121 Å². The summed E-state index contributed by atoms with van der Waals surface area (Å²) in [5, 5.41) is 10.6. The molecule has 0 spiro atoms. The van der Waals surface area contributed by atoms with Crippen LogP contribution in [0.15, 0.2) is 30.3 Å². The minimum atomic E-state index is -3.02. The molecule has 0 aromatic heterocycles. The molecular formula is C15H23NO3S. The summed E-state index contributed by atoms with van der Waals surface area (Å²) in [5.41, 5.74) is 0.357. The van der Waals surface area contributed by atoms with Crippen molar-refractivity contribution in [1.29, 1.82) is 0 Å². The van der Waals surface area contributed by atoms with Crippen molar-refractivity contribution >= 4 is 9.84 Å². The van der Waals surface area contributed by atoms with Crippen LogP contribution in [0.2, 0.25) is 0 Å². The Kier molecular flexibility index (Phi) is 4.83. The van der Waals surface area contributed by atoms with Gasteiger partial charge in [-0.05, 0) is 31.4 Å². The molecule has 1 saturated heterocycles. The molecule has 1 unspecified atom stereocenters. The lowest BCUT2D eigenvalue weighted by molar-refractivity contribution is -0.0351. The van der Waals surface area contributed by atoms with Gasteiger partial charge in [0.15, 0.2) is 0 Å². The summed E-state index contributed by atoms with van der Waals surface area (Å²) >= 11 is 0. The van der Waals surface area contributed by atoms with Crippen LogP contribution in [-0.4, -0.2) is 49.1 Å². The lowest BCUT2D eigenvalue weighted by atomic mass is 9.90. The molecule has 1 fully saturated rings. The van der Waals surface area contributed by atoms with Gasteiger partial charge in [-0.25, -0.2) is 8.42 Å². The molecule has 0 aliphatic carbocycles. The average Bonchev–Trinajstić information content (AvgIpc) is 2.37. The van der Waals surface area contributed by atoms with E-state index in [1.807, 2.05) is 18.2 Å². The number of aliphatic hydroxyl groups is 1. The van der Waals surface area contributed by atoms with Crippen molar-refractivity contribution in [1.82, 2.24) is 4.90 Å². The highest BCUT2D eigenvalue weighted by molar-refractivity contribution is 7.90. The molecule has 1 atom stereocenters. The molecule has 0 saturated carbocycles. The van der Waals surface area contributed by atoms with Gasteiger partial charge in [0.1, 0.15) is 9.84 Å². The van der Waals surface area contributed by atoms with E-state index in [9.17, 15) is 13.5 Å². The van der Waals surface area contributed by atoms with Crippen LogP contribution in [-0.2, 0) is 16.4 Å². The van der Waals surface area contributed by atoms with Crippen molar-refractivity contribution in [3.8, 4) is 0 Å². The Balaban J connectivity index is 1.94. The second-order valence-corrected chi connectivity index (χ2v) is 8.16. The molecule has 1 aliphatic rings. The number of nitrogens with zero attached hydrogens (tertiary/aromatic N) is 1. The number of β-amino-alcohol motifs (C(OH)–C–C–N with tert-alkyl or cyclic N) is 1. The normalized spacial score (nSPS) is 24.7. The third-order valence-corrected chi connectivity index (χ3v) is 4.77. The highest BCUT2D eigenvalue weighted by atomic mass is 32.2. The van der Waals surface area contributed by atoms with E-state index in [-0.39, 0.29) is 5.75 Å². The number of rotatable bonds is 5. The Bertz CT molecular complexity index is 529. The van der Waals surface area contributed by atoms with Gasteiger partial charge in [-0.1, -0.05) is 30.3 Å². The largest absolute Gasteiger partial charge is 0.389 e. The third kappa shape index (κ3) is 4.89. The van der Waals surface area contributed by atoms with Crippen molar-refractivity contribution in [3.05, 3.63) is 35.9 Å². The van der Waals surface area contributed by atoms with Gasteiger partial charge in [0, 0.05) is 19.3 Å². The number of piperidine rings is 1. The fraction of sp³-hybridized carbons (Fsp3) is 0.600. The minimum Gasteiger partial charge on any atom is -0.389 e. The van der Waals surface area contributed by atoms with E-state index < -0.39 is 15.4 Å². The lowest BCUT2D eigenvalue weighted by Crippen LogP contribution is -2.48. The van der Waals surface area contributed by atoms with Gasteiger partial charge < -0.3 is 5.11 Å². The summed E-state index contributed by atoms with van der Waals surface area (Å²) in [6.07, 6.45) is 3.15. The number of hydrogen-bond donors (Lipinski definition) is 1. The number of benzene rings is 1. The van der Waals surface area contributed by atoms with E-state index in [1.165, 1.54) is 11.8 Å². The summed E-state index contributed by atoms with van der Waals surface area (Å²) in [6.45, 7) is 2.31. The smallest absolute Gasteiger partial charge is 0.147 e. The maximum absolute atomic E-state index is 11.3. The zero-order valence-electron chi connectivity index (χ0n) is 12.0. The van der Waals surface area contributed by atoms with Gasteiger partial charge in [0.05, 0.1) is 11.4 Å². The second-order valence-electron chi connectivity index (χ2n) is 5.90. The highest BCUT2D eigenvalue weighted by Gasteiger charge is 2.33. The fourth-order valence-electron chi connectivity index (χ4n) is 2.76. The minimum absolute atomic E-state index is 0.0582. The molecule has 0 amide bonds. The van der Waals surface area contributed by atoms with Crippen molar-refractivity contribution in [2.24, 2.45) is 0 Å². The number of hydrogen-bond acceptors (Lipinski definition) is 4. The van der Waals surface area contributed by atoms with E-state index >= 15 is 0 Å². The predicted octanol–water partition coefficient (Wildman–Crippen LogP) is 1.45. The number of sulfone groups is 1. The van der Waals surface area contributed by atoms with E-state index in [0.29, 0.717) is 19.4 Å². The average molecular weight is 297 g/mol. The van der Waals surface area contributed by atoms with Gasteiger partial charge in [-0.3, -0.25) is 4.90 Å². The van der Waals surface area contributed by atoms with E-state index in [1.54, 1.807) is 0 Å². The van der Waals surface area contributed by atoms with Crippen LogP contribution < -0.4 is 0 Å². The first kappa shape index (κ1) is 15.5. The standard InChI is InChI=1S/C15H23NO3S/c1-20(18,19)11-9-15(17)8-5-10-16(13-15)12-14-6-3-2-4-7-14/h2-4,6-7,17H,5,8-13H2,1H3. The van der Waals surface area contributed by atoms with Crippen LogP contribution in [0.5, 0.6) is 0 Å². The SMILES string of the molecule is CS(=O)(=O)CCC1(O)CCCN(Cc2ccccc2)C1. The summed E-state index contributed by atoms with van der Waals surface area (Å²) < 4.78 is 22.5. The summed E-state index contributed by atoms with van der Waals surface area (Å²) in [7, 11) is -3.02. The van der Waals surface area contributed by atoms with Crippen molar-refractivity contribution < 1.29 is 13.5 Å². The van der Waals surface area contributed by atoms with Gasteiger partial charge in [-0.2, -0.15) is 0 Å². The Morgan fingerprint density at radius 2 is 2.00 bits per heavy atom. The third-order valence-electron chi connectivity index (χ3n) is 3.82. The fourth-order valence-corrected chi connectivity index (χ4v) is 3.51. The van der Waals surface area contributed by atoms with Gasteiger partial charge in [-0.15, -0.1) is 0 Å². The second kappa shape index (κ2) is 6.24.